The number of rotatable bonds is 6. The lowest BCUT2D eigenvalue weighted by Gasteiger charge is -2.56. The summed E-state index contributed by atoms with van der Waals surface area (Å²) in [6.45, 7) is 0.382. The van der Waals surface area contributed by atoms with Gasteiger partial charge in [-0.25, -0.2) is 4.98 Å². The van der Waals surface area contributed by atoms with E-state index in [-0.39, 0.29) is 23.8 Å². The van der Waals surface area contributed by atoms with Crippen LogP contribution < -0.4 is 10.6 Å². The van der Waals surface area contributed by atoms with Crippen LogP contribution in [0.25, 0.3) is 5.65 Å². The maximum absolute atomic E-state index is 12.5. The van der Waals surface area contributed by atoms with Crippen LogP contribution in [0, 0.1) is 23.2 Å². The van der Waals surface area contributed by atoms with Crippen molar-refractivity contribution in [1.29, 1.82) is 0 Å². The van der Waals surface area contributed by atoms with Crippen LogP contribution in [-0.2, 0) is 16.1 Å². The summed E-state index contributed by atoms with van der Waals surface area (Å²) in [4.78, 5) is 29.2. The number of imidazole rings is 1. The standard InChI is InChI=1S/C22H27BrN4O2/c23-17-1-2-19-26-18(13-27(19)12-17)10-24-21(29)11-25-20(28)9-22-6-14-3-15(7-22)5-16(4-14)8-22/h1-2,12-16H,3-11H2,(H,24,29)(H,25,28). The third-order valence-corrected chi connectivity index (χ3v) is 7.55. The lowest BCUT2D eigenvalue weighted by atomic mass is 9.49. The number of hydrogen-bond acceptors (Lipinski definition) is 3. The Morgan fingerprint density at radius 1 is 1.03 bits per heavy atom. The molecule has 4 fully saturated rings. The first kappa shape index (κ1) is 19.1. The minimum atomic E-state index is -0.179. The Bertz CT molecular complexity index is 918. The number of nitrogens with one attached hydrogen (secondary N) is 2. The topological polar surface area (TPSA) is 75.5 Å². The first-order valence-electron chi connectivity index (χ1n) is 10.6. The minimum absolute atomic E-state index is 0.0275. The fraction of sp³-hybridized carbons (Fsp3) is 0.591. The number of fused-ring (bicyclic) bond motifs is 1. The van der Waals surface area contributed by atoms with Gasteiger partial charge in [-0.3, -0.25) is 9.59 Å². The largest absolute Gasteiger partial charge is 0.349 e. The zero-order chi connectivity index (χ0) is 20.0. The molecule has 0 unspecified atom stereocenters. The molecule has 2 N–H and O–H groups in total. The van der Waals surface area contributed by atoms with Crippen molar-refractivity contribution < 1.29 is 9.59 Å². The molecule has 7 heteroatoms. The highest BCUT2D eigenvalue weighted by molar-refractivity contribution is 9.10. The van der Waals surface area contributed by atoms with Gasteiger partial charge in [0.1, 0.15) is 5.65 Å². The quantitative estimate of drug-likeness (QED) is 0.695. The Morgan fingerprint density at radius 3 is 2.41 bits per heavy atom. The van der Waals surface area contributed by atoms with Gasteiger partial charge in [0, 0.05) is 23.3 Å². The molecule has 6 nitrogen and oxygen atoms in total. The van der Waals surface area contributed by atoms with Crippen molar-refractivity contribution in [2.45, 2.75) is 51.5 Å². The van der Waals surface area contributed by atoms with Crippen LogP contribution in [0.15, 0.2) is 29.0 Å². The number of carbonyl (C=O) groups excluding carboxylic acids is 2. The fourth-order valence-corrected chi connectivity index (χ4v) is 6.80. The highest BCUT2D eigenvalue weighted by Gasteiger charge is 2.51. The second-order valence-electron chi connectivity index (χ2n) is 9.49. The van der Waals surface area contributed by atoms with Crippen molar-refractivity contribution in [3.05, 3.63) is 34.7 Å². The van der Waals surface area contributed by atoms with Gasteiger partial charge in [-0.05, 0) is 89.8 Å². The molecule has 0 spiro atoms. The molecule has 2 aromatic rings. The van der Waals surface area contributed by atoms with Crippen molar-refractivity contribution in [3.8, 4) is 0 Å². The fourth-order valence-electron chi connectivity index (χ4n) is 6.44. The summed E-state index contributed by atoms with van der Waals surface area (Å²) in [7, 11) is 0. The number of hydrogen-bond donors (Lipinski definition) is 2. The summed E-state index contributed by atoms with van der Waals surface area (Å²) in [5, 5.41) is 5.69. The molecule has 2 amide bonds. The lowest BCUT2D eigenvalue weighted by Crippen LogP contribution is -2.48. The highest BCUT2D eigenvalue weighted by atomic mass is 79.9. The highest BCUT2D eigenvalue weighted by Crippen LogP contribution is 2.61. The SMILES string of the molecule is O=C(CNC(=O)CC12CC3CC(CC(C3)C1)C2)NCc1cn2cc(Br)ccc2n1. The molecule has 4 aliphatic carbocycles. The average molecular weight is 459 g/mol. The summed E-state index contributed by atoms with van der Waals surface area (Å²) in [6.07, 6.45) is 12.2. The summed E-state index contributed by atoms with van der Waals surface area (Å²) in [5.74, 6) is 2.36. The Labute approximate surface area is 179 Å². The third kappa shape index (κ3) is 4.06. The second-order valence-corrected chi connectivity index (χ2v) is 10.4. The monoisotopic (exact) mass is 458 g/mol. The number of carbonyl (C=O) groups is 2. The molecule has 0 aromatic carbocycles. The summed E-state index contributed by atoms with van der Waals surface area (Å²) >= 11 is 3.44. The molecule has 4 aliphatic rings. The van der Waals surface area contributed by atoms with Crippen LogP contribution in [0.2, 0.25) is 0 Å². The van der Waals surface area contributed by atoms with Gasteiger partial charge < -0.3 is 15.0 Å². The number of pyridine rings is 1. The molecule has 0 radical (unpaired) electrons. The van der Waals surface area contributed by atoms with Gasteiger partial charge in [-0.2, -0.15) is 0 Å². The third-order valence-electron chi connectivity index (χ3n) is 7.08. The molecule has 0 saturated heterocycles. The zero-order valence-corrected chi connectivity index (χ0v) is 18.1. The van der Waals surface area contributed by atoms with E-state index < -0.39 is 0 Å². The summed E-state index contributed by atoms with van der Waals surface area (Å²) in [6, 6.07) is 3.85. The van der Waals surface area contributed by atoms with Crippen molar-refractivity contribution in [2.24, 2.45) is 23.2 Å². The summed E-state index contributed by atoms with van der Waals surface area (Å²) < 4.78 is 2.89. The first-order valence-corrected chi connectivity index (χ1v) is 11.4. The molecular formula is C22H27BrN4O2. The van der Waals surface area contributed by atoms with Crippen LogP contribution >= 0.6 is 15.9 Å². The van der Waals surface area contributed by atoms with Gasteiger partial charge in [0.15, 0.2) is 0 Å². The molecule has 2 heterocycles. The van der Waals surface area contributed by atoms with Crippen molar-refractivity contribution in [1.82, 2.24) is 20.0 Å². The molecule has 29 heavy (non-hydrogen) atoms. The molecular weight excluding hydrogens is 432 g/mol. The van der Waals surface area contributed by atoms with E-state index in [9.17, 15) is 9.59 Å². The van der Waals surface area contributed by atoms with E-state index in [1.807, 2.05) is 28.9 Å². The predicted octanol–water partition coefficient (Wildman–Crippen LogP) is 3.44. The molecule has 0 atom stereocenters. The Morgan fingerprint density at radius 2 is 1.72 bits per heavy atom. The molecule has 154 valence electrons. The van der Waals surface area contributed by atoms with Gasteiger partial charge in [0.2, 0.25) is 11.8 Å². The maximum atomic E-state index is 12.5. The van der Waals surface area contributed by atoms with E-state index in [2.05, 4.69) is 31.5 Å². The van der Waals surface area contributed by atoms with E-state index in [4.69, 9.17) is 0 Å². The number of amides is 2. The van der Waals surface area contributed by atoms with Gasteiger partial charge in [-0.15, -0.1) is 0 Å². The summed E-state index contributed by atoms with van der Waals surface area (Å²) in [5.41, 5.74) is 1.83. The van der Waals surface area contributed by atoms with Crippen LogP contribution in [0.5, 0.6) is 0 Å². The number of nitrogens with zero attached hydrogens (tertiary/aromatic N) is 2. The van der Waals surface area contributed by atoms with Gasteiger partial charge >= 0.3 is 0 Å². The van der Waals surface area contributed by atoms with Gasteiger partial charge in [0.05, 0.1) is 18.8 Å². The Kier molecular flexibility index (Phi) is 4.88. The maximum Gasteiger partial charge on any atom is 0.239 e. The number of halogens is 1. The average Bonchev–Trinajstić information content (AvgIpc) is 3.05. The van der Waals surface area contributed by atoms with Crippen molar-refractivity contribution in [2.75, 3.05) is 6.54 Å². The molecule has 0 aliphatic heterocycles. The molecule has 4 bridgehead atoms. The normalized spacial score (nSPS) is 29.9. The molecule has 6 rings (SSSR count). The van der Waals surface area contributed by atoms with Gasteiger partial charge in [0.25, 0.3) is 0 Å². The zero-order valence-electron chi connectivity index (χ0n) is 16.5. The van der Waals surface area contributed by atoms with E-state index in [0.29, 0.717) is 13.0 Å². The van der Waals surface area contributed by atoms with Crippen LogP contribution in [0.4, 0.5) is 0 Å². The molecule has 4 saturated carbocycles. The smallest absolute Gasteiger partial charge is 0.239 e. The Balaban J connectivity index is 1.09. The second kappa shape index (κ2) is 7.42. The van der Waals surface area contributed by atoms with Crippen LogP contribution in [-0.4, -0.2) is 27.7 Å². The first-order chi connectivity index (χ1) is 14.0. The van der Waals surface area contributed by atoms with E-state index >= 15 is 0 Å². The predicted molar refractivity (Wildman–Crippen MR) is 113 cm³/mol. The van der Waals surface area contributed by atoms with Crippen molar-refractivity contribution in [3.63, 3.8) is 0 Å². The van der Waals surface area contributed by atoms with Crippen LogP contribution in [0.1, 0.15) is 50.6 Å². The van der Waals surface area contributed by atoms with E-state index in [1.54, 1.807) is 0 Å². The lowest BCUT2D eigenvalue weighted by molar-refractivity contribution is -0.131. The minimum Gasteiger partial charge on any atom is -0.349 e. The number of aromatic nitrogens is 2. The van der Waals surface area contributed by atoms with Crippen molar-refractivity contribution >= 4 is 33.4 Å². The van der Waals surface area contributed by atoms with Gasteiger partial charge in [-0.1, -0.05) is 0 Å². The van der Waals surface area contributed by atoms with Crippen LogP contribution in [0.3, 0.4) is 0 Å². The molecule has 2 aromatic heterocycles. The van der Waals surface area contributed by atoms with E-state index in [0.717, 1.165) is 33.6 Å². The Hall–Kier alpha value is -1.89. The van der Waals surface area contributed by atoms with E-state index in [1.165, 1.54) is 38.5 Å².